The van der Waals surface area contributed by atoms with E-state index in [1.165, 1.54) is 11.0 Å². The molecule has 0 aliphatic carbocycles. The number of anilines is 4. The van der Waals surface area contributed by atoms with Crippen LogP contribution in [0.15, 0.2) is 36.7 Å². The molecule has 0 saturated carbocycles. The maximum absolute atomic E-state index is 15.2. The summed E-state index contributed by atoms with van der Waals surface area (Å²) in [5.74, 6) is 1.20. The second kappa shape index (κ2) is 10.5. The molecule has 2 atom stereocenters. The number of nitrogens with zero attached hydrogens (tertiary/aromatic N) is 3. The fourth-order valence-corrected chi connectivity index (χ4v) is 6.31. The molecule has 6 rings (SSSR count). The Morgan fingerprint density at radius 3 is 2.71 bits per heavy atom. The van der Waals surface area contributed by atoms with Gasteiger partial charge in [-0.3, -0.25) is 4.79 Å². The number of hydrogen-bond acceptors (Lipinski definition) is 8. The Balaban J connectivity index is 1.19. The lowest BCUT2D eigenvalue weighted by atomic mass is 9.94. The molecule has 2 N–H and O–H groups in total. The number of halogens is 1. The lowest BCUT2D eigenvalue weighted by Crippen LogP contribution is -2.45. The van der Waals surface area contributed by atoms with Crippen molar-refractivity contribution in [3.8, 4) is 22.8 Å². The highest BCUT2D eigenvalue weighted by atomic mass is 28.4. The van der Waals surface area contributed by atoms with Crippen molar-refractivity contribution in [2.45, 2.75) is 70.8 Å². The van der Waals surface area contributed by atoms with Crippen LogP contribution in [0, 0.1) is 5.82 Å². The number of benzene rings is 1. The van der Waals surface area contributed by atoms with Crippen LogP contribution in [0.4, 0.5) is 27.3 Å². The first-order chi connectivity index (χ1) is 19.9. The Kier molecular flexibility index (Phi) is 7.13. The molecule has 5 heterocycles. The monoisotopic (exact) mass is 591 g/mol. The van der Waals surface area contributed by atoms with Crippen LogP contribution in [-0.2, 0) is 9.22 Å². The van der Waals surface area contributed by atoms with Crippen LogP contribution in [0.1, 0.15) is 52.2 Å². The number of aromatic nitrogens is 2. The minimum Gasteiger partial charge on any atom is -0.485 e. The van der Waals surface area contributed by atoms with E-state index in [0.29, 0.717) is 49.2 Å². The number of ether oxygens (including phenoxy) is 2. The van der Waals surface area contributed by atoms with E-state index < -0.39 is 14.1 Å². The second-order valence-electron chi connectivity index (χ2n) is 12.8. The van der Waals surface area contributed by atoms with Crippen LogP contribution in [-0.4, -0.2) is 50.0 Å². The molecule has 9 nitrogen and oxygen atoms in total. The van der Waals surface area contributed by atoms with Gasteiger partial charge < -0.3 is 29.4 Å². The quantitative estimate of drug-likeness (QED) is 0.302. The van der Waals surface area contributed by atoms with Crippen LogP contribution < -0.4 is 25.0 Å². The molecule has 1 unspecified atom stereocenters. The van der Waals surface area contributed by atoms with Crippen LogP contribution in [0.5, 0.6) is 11.6 Å². The Labute approximate surface area is 246 Å². The SMILES string of the molecule is CC1Oc2cc(N3CCCC3=O)c(F)cc2-c2cnc(Nc3cnc4c(c3)N[C@@H](CO[Si](C)(C)C(C)(C)C)CO4)cc21. The van der Waals surface area contributed by atoms with E-state index in [0.717, 1.165) is 28.9 Å². The molecule has 0 radical (unpaired) electrons. The highest BCUT2D eigenvalue weighted by Crippen LogP contribution is 2.46. The van der Waals surface area contributed by atoms with Crippen molar-refractivity contribution in [2.24, 2.45) is 0 Å². The molecule has 3 aliphatic heterocycles. The summed E-state index contributed by atoms with van der Waals surface area (Å²) >= 11 is 0. The number of nitrogens with one attached hydrogen (secondary N) is 2. The highest BCUT2D eigenvalue weighted by molar-refractivity contribution is 6.74. The van der Waals surface area contributed by atoms with Crippen molar-refractivity contribution in [1.29, 1.82) is 0 Å². The molecule has 2 aromatic heterocycles. The largest absolute Gasteiger partial charge is 0.485 e. The van der Waals surface area contributed by atoms with Crippen molar-refractivity contribution in [3.63, 3.8) is 0 Å². The maximum atomic E-state index is 15.2. The summed E-state index contributed by atoms with van der Waals surface area (Å²) in [7, 11) is -1.88. The molecule has 222 valence electrons. The third kappa shape index (κ3) is 5.31. The predicted molar refractivity (Wildman–Crippen MR) is 164 cm³/mol. The van der Waals surface area contributed by atoms with E-state index in [-0.39, 0.29) is 28.8 Å². The smallest absolute Gasteiger partial charge is 0.237 e. The Hall–Kier alpha value is -3.70. The molecule has 42 heavy (non-hydrogen) atoms. The first kappa shape index (κ1) is 28.4. The number of pyridine rings is 2. The van der Waals surface area contributed by atoms with E-state index in [1.54, 1.807) is 18.5 Å². The zero-order valence-corrected chi connectivity index (χ0v) is 26.0. The molecule has 1 saturated heterocycles. The summed E-state index contributed by atoms with van der Waals surface area (Å²) in [6, 6.07) is 6.97. The van der Waals surface area contributed by atoms with Crippen LogP contribution >= 0.6 is 0 Å². The van der Waals surface area contributed by atoms with E-state index in [9.17, 15) is 4.79 Å². The van der Waals surface area contributed by atoms with Gasteiger partial charge in [-0.1, -0.05) is 20.8 Å². The summed E-state index contributed by atoms with van der Waals surface area (Å²) in [4.78, 5) is 22.8. The summed E-state index contributed by atoms with van der Waals surface area (Å²) in [5, 5.41) is 6.99. The van der Waals surface area contributed by atoms with Crippen LogP contribution in [0.3, 0.4) is 0 Å². The molecule has 3 aliphatic rings. The van der Waals surface area contributed by atoms with Crippen molar-refractivity contribution < 1.29 is 23.1 Å². The molecule has 1 amide bonds. The van der Waals surface area contributed by atoms with Gasteiger partial charge in [-0.15, -0.1) is 0 Å². The first-order valence-corrected chi connectivity index (χ1v) is 17.4. The van der Waals surface area contributed by atoms with Crippen molar-refractivity contribution >= 4 is 37.1 Å². The number of carbonyl (C=O) groups excluding carboxylic acids is 1. The minimum atomic E-state index is -1.88. The Morgan fingerprint density at radius 2 is 1.98 bits per heavy atom. The van der Waals surface area contributed by atoms with Gasteiger partial charge in [0.1, 0.15) is 30.1 Å². The Morgan fingerprint density at radius 1 is 1.17 bits per heavy atom. The third-order valence-electron chi connectivity index (χ3n) is 8.74. The van der Waals surface area contributed by atoms with Crippen molar-refractivity contribution in [3.05, 3.63) is 48.0 Å². The second-order valence-corrected chi connectivity index (χ2v) is 17.6. The summed E-state index contributed by atoms with van der Waals surface area (Å²) in [6.45, 7) is 14.7. The highest BCUT2D eigenvalue weighted by Gasteiger charge is 2.38. The van der Waals surface area contributed by atoms with E-state index in [4.69, 9.17) is 13.9 Å². The van der Waals surface area contributed by atoms with Crippen molar-refractivity contribution in [2.75, 3.05) is 35.3 Å². The minimum absolute atomic E-state index is 0.0214. The average molecular weight is 592 g/mol. The topological polar surface area (TPSA) is 97.8 Å². The van der Waals surface area contributed by atoms with Crippen LogP contribution in [0.2, 0.25) is 18.1 Å². The Bertz CT molecular complexity index is 1540. The molecule has 0 spiro atoms. The number of rotatable bonds is 6. The van der Waals surface area contributed by atoms with Crippen molar-refractivity contribution in [1.82, 2.24) is 9.97 Å². The number of amides is 1. The van der Waals surface area contributed by atoms with Crippen LogP contribution in [0.25, 0.3) is 11.1 Å². The molecular weight excluding hydrogens is 553 g/mol. The fourth-order valence-electron chi connectivity index (χ4n) is 5.26. The van der Waals surface area contributed by atoms with Gasteiger partial charge in [0.05, 0.1) is 35.9 Å². The van der Waals surface area contributed by atoms with Gasteiger partial charge >= 0.3 is 0 Å². The normalized spacial score (nSPS) is 19.7. The van der Waals surface area contributed by atoms with E-state index in [1.807, 2.05) is 19.1 Å². The molecule has 0 bridgehead atoms. The average Bonchev–Trinajstić information content (AvgIpc) is 3.37. The molecular formula is C31H38FN5O4Si. The molecule has 11 heteroatoms. The standard InChI is InChI=1S/C31H38FN5O4Si/c1-18-21-12-28(33-15-23(21)22-11-24(32)26(13-27(22)41-18)37-9-7-8-29(37)38)36-19-10-25-30(34-14-19)39-16-20(35-25)17-40-42(5,6)31(2,3)4/h10-15,18,20,35H,7-9,16-17H2,1-6H3,(H,33,36)/t18?,20-/m1/s1. The van der Waals surface area contributed by atoms with Gasteiger partial charge in [0.15, 0.2) is 8.32 Å². The van der Waals surface area contributed by atoms with E-state index in [2.05, 4.69) is 54.5 Å². The predicted octanol–water partition coefficient (Wildman–Crippen LogP) is 6.80. The van der Waals surface area contributed by atoms with E-state index >= 15 is 4.39 Å². The lowest BCUT2D eigenvalue weighted by Gasteiger charge is -2.38. The molecule has 3 aromatic rings. The van der Waals surface area contributed by atoms with Gasteiger partial charge in [0.2, 0.25) is 11.8 Å². The van der Waals surface area contributed by atoms with Gasteiger partial charge in [0.25, 0.3) is 0 Å². The summed E-state index contributed by atoms with van der Waals surface area (Å²) in [6.07, 6.45) is 4.31. The number of carbonyl (C=O) groups is 1. The molecule has 1 aromatic carbocycles. The third-order valence-corrected chi connectivity index (χ3v) is 13.2. The fraction of sp³-hybridized carbons (Fsp3) is 0.452. The maximum Gasteiger partial charge on any atom is 0.237 e. The lowest BCUT2D eigenvalue weighted by molar-refractivity contribution is -0.117. The van der Waals surface area contributed by atoms with Gasteiger partial charge in [-0.2, -0.15) is 0 Å². The number of fused-ring (bicyclic) bond motifs is 4. The van der Waals surface area contributed by atoms with Gasteiger partial charge in [-0.05, 0) is 49.7 Å². The zero-order valence-electron chi connectivity index (χ0n) is 25.0. The summed E-state index contributed by atoms with van der Waals surface area (Å²) < 4.78 is 33.7. The summed E-state index contributed by atoms with van der Waals surface area (Å²) in [5.41, 5.74) is 4.12. The van der Waals surface area contributed by atoms with Gasteiger partial charge in [-0.25, -0.2) is 14.4 Å². The zero-order chi connectivity index (χ0) is 29.8. The number of hydrogen-bond donors (Lipinski definition) is 2. The first-order valence-electron chi connectivity index (χ1n) is 14.5. The van der Waals surface area contributed by atoms with Gasteiger partial charge in [0, 0.05) is 41.9 Å². The molecule has 1 fully saturated rings.